The molecule has 3 rings (SSSR count). The molecular formula is C21H23FN2O3. The number of carbonyl (C=O) groups is 1. The van der Waals surface area contributed by atoms with Crippen molar-refractivity contribution in [2.45, 2.75) is 25.3 Å². The van der Waals surface area contributed by atoms with E-state index in [0.717, 1.165) is 18.4 Å². The minimum atomic E-state index is -0.486. The lowest BCUT2D eigenvalue weighted by Gasteiger charge is -2.15. The molecule has 0 heterocycles. The van der Waals surface area contributed by atoms with E-state index in [1.54, 1.807) is 24.3 Å². The van der Waals surface area contributed by atoms with Gasteiger partial charge in [-0.25, -0.2) is 4.39 Å². The molecular weight excluding hydrogens is 347 g/mol. The van der Waals surface area contributed by atoms with E-state index in [-0.39, 0.29) is 12.3 Å². The van der Waals surface area contributed by atoms with E-state index in [4.69, 9.17) is 9.47 Å². The molecule has 27 heavy (non-hydrogen) atoms. The fourth-order valence-corrected chi connectivity index (χ4v) is 2.66. The summed E-state index contributed by atoms with van der Waals surface area (Å²) in [5.41, 5.74) is 1.75. The fraction of sp³-hybridized carbons (Fsp3) is 0.286. The Balaban J connectivity index is 1.64. The van der Waals surface area contributed by atoms with Crippen molar-refractivity contribution in [3.05, 3.63) is 60.4 Å². The van der Waals surface area contributed by atoms with Crippen molar-refractivity contribution in [3.8, 4) is 11.5 Å². The van der Waals surface area contributed by atoms with Crippen LogP contribution in [-0.2, 0) is 11.2 Å². The van der Waals surface area contributed by atoms with Gasteiger partial charge in [-0.1, -0.05) is 18.2 Å². The summed E-state index contributed by atoms with van der Waals surface area (Å²) in [5.74, 6) is 0.0472. The van der Waals surface area contributed by atoms with E-state index in [9.17, 15) is 9.18 Å². The summed E-state index contributed by atoms with van der Waals surface area (Å²) in [6, 6.07) is 10.5. The van der Waals surface area contributed by atoms with Gasteiger partial charge in [-0.3, -0.25) is 4.79 Å². The summed E-state index contributed by atoms with van der Waals surface area (Å²) in [6.07, 6.45) is 4.61. The van der Waals surface area contributed by atoms with Crippen molar-refractivity contribution in [2.75, 3.05) is 24.4 Å². The lowest BCUT2D eigenvalue weighted by Crippen LogP contribution is -2.22. The average Bonchev–Trinajstić information content (AvgIpc) is 3.47. The molecule has 0 bridgehead atoms. The third-order valence-electron chi connectivity index (χ3n) is 4.18. The van der Waals surface area contributed by atoms with Gasteiger partial charge >= 0.3 is 0 Å². The summed E-state index contributed by atoms with van der Waals surface area (Å²) in [5, 5.41) is 5.81. The molecule has 0 spiro atoms. The van der Waals surface area contributed by atoms with E-state index in [2.05, 4.69) is 17.2 Å². The lowest BCUT2D eigenvalue weighted by atomic mass is 10.1. The predicted molar refractivity (Wildman–Crippen MR) is 104 cm³/mol. The van der Waals surface area contributed by atoms with Gasteiger partial charge in [-0.05, 0) is 49.1 Å². The molecule has 0 aliphatic heterocycles. The van der Waals surface area contributed by atoms with Crippen LogP contribution in [0.3, 0.4) is 0 Å². The highest BCUT2D eigenvalue weighted by Crippen LogP contribution is 2.31. The zero-order chi connectivity index (χ0) is 19.2. The third-order valence-corrected chi connectivity index (χ3v) is 4.18. The van der Waals surface area contributed by atoms with Gasteiger partial charge in [-0.15, -0.1) is 6.58 Å². The maximum Gasteiger partial charge on any atom is 0.262 e. The van der Waals surface area contributed by atoms with Gasteiger partial charge in [0.25, 0.3) is 5.91 Å². The molecule has 0 saturated heterocycles. The average molecular weight is 370 g/mol. The number of anilines is 2. The second kappa shape index (κ2) is 8.58. The van der Waals surface area contributed by atoms with Crippen molar-refractivity contribution in [1.82, 2.24) is 0 Å². The van der Waals surface area contributed by atoms with Gasteiger partial charge in [0.1, 0.15) is 11.5 Å². The summed E-state index contributed by atoms with van der Waals surface area (Å²) >= 11 is 0. The Hall–Kier alpha value is -3.02. The molecule has 1 aliphatic rings. The Kier molecular flexibility index (Phi) is 5.96. The predicted octanol–water partition coefficient (Wildman–Crippen LogP) is 4.15. The highest BCUT2D eigenvalue weighted by atomic mass is 19.1. The van der Waals surface area contributed by atoms with Crippen LogP contribution in [0.1, 0.15) is 18.4 Å². The number of hydrogen-bond acceptors (Lipinski definition) is 4. The van der Waals surface area contributed by atoms with Crippen LogP contribution in [0.5, 0.6) is 11.5 Å². The van der Waals surface area contributed by atoms with Crippen LogP contribution in [0.2, 0.25) is 0 Å². The first-order valence-corrected chi connectivity index (χ1v) is 8.86. The summed E-state index contributed by atoms with van der Waals surface area (Å²) in [4.78, 5) is 12.3. The molecule has 2 aromatic rings. The standard InChI is InChI=1S/C21H23FN2O3/c1-3-5-14-8-11-18(19(12-14)26-2)27-13-20(25)24-21-16(22)6-4-7-17(21)23-15-9-10-15/h3-4,6-8,11-12,15,23H,1,5,9-10,13H2,2H3,(H,24,25). The highest BCUT2D eigenvalue weighted by Gasteiger charge is 2.23. The molecule has 0 radical (unpaired) electrons. The SMILES string of the molecule is C=CCc1ccc(OCC(=O)Nc2c(F)cccc2NC2CC2)c(OC)c1. The van der Waals surface area contributed by atoms with E-state index in [0.29, 0.717) is 29.6 Å². The van der Waals surface area contributed by atoms with Gasteiger partial charge in [-0.2, -0.15) is 0 Å². The zero-order valence-corrected chi connectivity index (χ0v) is 15.3. The molecule has 0 unspecified atom stereocenters. The number of amides is 1. The van der Waals surface area contributed by atoms with Crippen LogP contribution in [0.15, 0.2) is 49.1 Å². The second-order valence-electron chi connectivity index (χ2n) is 6.40. The topological polar surface area (TPSA) is 59.6 Å². The minimum Gasteiger partial charge on any atom is -0.493 e. The van der Waals surface area contributed by atoms with Gasteiger partial charge in [0.05, 0.1) is 12.8 Å². The molecule has 6 heteroatoms. The smallest absolute Gasteiger partial charge is 0.262 e. The van der Waals surface area contributed by atoms with Crippen LogP contribution in [0.4, 0.5) is 15.8 Å². The van der Waals surface area contributed by atoms with Gasteiger partial charge in [0, 0.05) is 6.04 Å². The van der Waals surface area contributed by atoms with E-state index in [1.165, 1.54) is 13.2 Å². The van der Waals surface area contributed by atoms with Crippen LogP contribution in [0, 0.1) is 5.82 Å². The molecule has 1 fully saturated rings. The third kappa shape index (κ3) is 5.00. The molecule has 2 N–H and O–H groups in total. The van der Waals surface area contributed by atoms with E-state index >= 15 is 0 Å². The Morgan fingerprint density at radius 2 is 2.11 bits per heavy atom. The van der Waals surface area contributed by atoms with Crippen molar-refractivity contribution < 1.29 is 18.7 Å². The van der Waals surface area contributed by atoms with Gasteiger partial charge in [0.15, 0.2) is 18.1 Å². The Labute approximate surface area is 158 Å². The molecule has 1 aliphatic carbocycles. The molecule has 1 amide bonds. The van der Waals surface area contributed by atoms with Crippen LogP contribution in [0.25, 0.3) is 0 Å². The number of hydrogen-bond donors (Lipinski definition) is 2. The molecule has 1 saturated carbocycles. The number of nitrogens with one attached hydrogen (secondary N) is 2. The van der Waals surface area contributed by atoms with Crippen LogP contribution in [-0.4, -0.2) is 25.7 Å². The largest absolute Gasteiger partial charge is 0.493 e. The second-order valence-corrected chi connectivity index (χ2v) is 6.40. The summed E-state index contributed by atoms with van der Waals surface area (Å²) in [7, 11) is 1.54. The fourth-order valence-electron chi connectivity index (χ4n) is 2.66. The van der Waals surface area contributed by atoms with Crippen molar-refractivity contribution in [1.29, 1.82) is 0 Å². The summed E-state index contributed by atoms with van der Waals surface area (Å²) in [6.45, 7) is 3.45. The minimum absolute atomic E-state index is 0.145. The van der Waals surface area contributed by atoms with Gasteiger partial charge in [0.2, 0.25) is 0 Å². The molecule has 0 atom stereocenters. The number of rotatable bonds is 9. The van der Waals surface area contributed by atoms with E-state index < -0.39 is 11.7 Å². The quantitative estimate of drug-likeness (QED) is 0.651. The molecule has 2 aromatic carbocycles. The molecule has 142 valence electrons. The number of halogens is 1. The zero-order valence-electron chi connectivity index (χ0n) is 15.3. The maximum absolute atomic E-state index is 14.2. The van der Waals surface area contributed by atoms with Crippen molar-refractivity contribution in [2.24, 2.45) is 0 Å². The normalized spacial score (nSPS) is 13.0. The number of allylic oxidation sites excluding steroid dienone is 1. The number of para-hydroxylation sites is 1. The Morgan fingerprint density at radius 3 is 2.81 bits per heavy atom. The highest BCUT2D eigenvalue weighted by molar-refractivity contribution is 5.95. The first-order chi connectivity index (χ1) is 13.1. The summed E-state index contributed by atoms with van der Waals surface area (Å²) < 4.78 is 25.0. The van der Waals surface area contributed by atoms with E-state index in [1.807, 2.05) is 12.1 Å². The van der Waals surface area contributed by atoms with Crippen LogP contribution >= 0.6 is 0 Å². The van der Waals surface area contributed by atoms with Crippen molar-refractivity contribution >= 4 is 17.3 Å². The van der Waals surface area contributed by atoms with Crippen molar-refractivity contribution in [3.63, 3.8) is 0 Å². The Bertz CT molecular complexity index is 834. The maximum atomic E-state index is 14.2. The molecule has 5 nitrogen and oxygen atoms in total. The number of benzene rings is 2. The van der Waals surface area contributed by atoms with Crippen LogP contribution < -0.4 is 20.1 Å². The lowest BCUT2D eigenvalue weighted by molar-refractivity contribution is -0.118. The number of methoxy groups -OCH3 is 1. The monoisotopic (exact) mass is 370 g/mol. The number of carbonyl (C=O) groups excluding carboxylic acids is 1. The first kappa shape index (κ1) is 18.8. The van der Waals surface area contributed by atoms with Gasteiger partial charge < -0.3 is 20.1 Å². The number of ether oxygens (including phenoxy) is 2. The molecule has 0 aromatic heterocycles. The first-order valence-electron chi connectivity index (χ1n) is 8.86. The Morgan fingerprint density at radius 1 is 1.30 bits per heavy atom.